The number of hydrogen-bond acceptors (Lipinski definition) is 4. The summed E-state index contributed by atoms with van der Waals surface area (Å²) in [6, 6.07) is 0. The van der Waals surface area contributed by atoms with Crippen molar-refractivity contribution in [3.05, 3.63) is 0 Å². The Morgan fingerprint density at radius 2 is 2.17 bits per heavy atom. The summed E-state index contributed by atoms with van der Waals surface area (Å²) in [6.45, 7) is 7.99. The van der Waals surface area contributed by atoms with Crippen molar-refractivity contribution in [2.45, 2.75) is 52.4 Å². The lowest BCUT2D eigenvalue weighted by atomic mass is 9.75. The quantitative estimate of drug-likeness (QED) is 0.783. The Kier molecular flexibility index (Phi) is 4.62. The van der Waals surface area contributed by atoms with Gasteiger partial charge >= 0.3 is 5.97 Å². The number of carbonyl (C=O) groups excluding carboxylic acids is 1. The van der Waals surface area contributed by atoms with Crippen LogP contribution in [0.5, 0.6) is 0 Å². The molecular weight excluding hydrogens is 230 g/mol. The minimum absolute atomic E-state index is 0.0623. The molecule has 2 rings (SSSR count). The molecule has 1 saturated heterocycles. The molecule has 0 aromatic heterocycles. The second kappa shape index (κ2) is 6.02. The van der Waals surface area contributed by atoms with Crippen molar-refractivity contribution in [3.8, 4) is 0 Å². The Bertz CT molecular complexity index is 287. The van der Waals surface area contributed by atoms with Crippen molar-refractivity contribution in [1.82, 2.24) is 5.32 Å². The summed E-state index contributed by atoms with van der Waals surface area (Å²) < 4.78 is 11.0. The largest absolute Gasteiger partial charge is 0.459 e. The smallest absolute Gasteiger partial charge is 0.350 e. The average molecular weight is 255 g/mol. The second-order valence-corrected chi connectivity index (χ2v) is 6.01. The van der Waals surface area contributed by atoms with E-state index in [0.29, 0.717) is 24.4 Å². The predicted molar refractivity (Wildman–Crippen MR) is 69.0 cm³/mol. The standard InChI is InChI=1S/C14H25NO3/c1-9(2)11-5-4-10(3)8-12(11)18-14(16)13-15-6-7-17-13/h9-13,15H,4-8H2,1-3H3/t10-,11+,12-,13-/m0/s1. The van der Waals surface area contributed by atoms with Gasteiger partial charge in [0.15, 0.2) is 0 Å². The average Bonchev–Trinajstić information content (AvgIpc) is 2.81. The highest BCUT2D eigenvalue weighted by atomic mass is 16.6. The molecule has 1 aliphatic carbocycles. The van der Waals surface area contributed by atoms with E-state index < -0.39 is 6.23 Å². The lowest BCUT2D eigenvalue weighted by Crippen LogP contribution is -2.41. The molecule has 4 heteroatoms. The van der Waals surface area contributed by atoms with Crippen molar-refractivity contribution in [2.24, 2.45) is 17.8 Å². The van der Waals surface area contributed by atoms with E-state index in [1.165, 1.54) is 6.42 Å². The van der Waals surface area contributed by atoms with Gasteiger partial charge in [-0.1, -0.05) is 27.2 Å². The lowest BCUT2D eigenvalue weighted by molar-refractivity contribution is -0.167. The van der Waals surface area contributed by atoms with Crippen LogP contribution in [0.3, 0.4) is 0 Å². The van der Waals surface area contributed by atoms with Crippen LogP contribution in [0.4, 0.5) is 0 Å². The molecule has 0 radical (unpaired) electrons. The third-order valence-corrected chi connectivity index (χ3v) is 4.16. The van der Waals surface area contributed by atoms with Crippen LogP contribution in [0.15, 0.2) is 0 Å². The van der Waals surface area contributed by atoms with E-state index in [4.69, 9.17) is 9.47 Å². The van der Waals surface area contributed by atoms with E-state index >= 15 is 0 Å². The zero-order chi connectivity index (χ0) is 13.1. The van der Waals surface area contributed by atoms with Gasteiger partial charge in [-0.25, -0.2) is 4.79 Å². The predicted octanol–water partition coefficient (Wildman–Crippen LogP) is 1.94. The number of ether oxygens (including phenoxy) is 2. The Morgan fingerprint density at radius 3 is 2.78 bits per heavy atom. The van der Waals surface area contributed by atoms with Crippen LogP contribution in [0.2, 0.25) is 0 Å². The molecule has 104 valence electrons. The fourth-order valence-corrected chi connectivity index (χ4v) is 3.04. The number of carbonyl (C=O) groups is 1. The molecule has 0 bridgehead atoms. The van der Waals surface area contributed by atoms with Gasteiger partial charge in [0.1, 0.15) is 6.10 Å². The first-order valence-electron chi connectivity index (χ1n) is 7.13. The summed E-state index contributed by atoms with van der Waals surface area (Å²) in [5.41, 5.74) is 0. The zero-order valence-electron chi connectivity index (χ0n) is 11.6. The first-order valence-corrected chi connectivity index (χ1v) is 7.13. The summed E-state index contributed by atoms with van der Waals surface area (Å²) in [7, 11) is 0. The number of hydrogen-bond donors (Lipinski definition) is 1. The number of rotatable bonds is 3. The van der Waals surface area contributed by atoms with Crippen molar-refractivity contribution < 1.29 is 14.3 Å². The normalized spacial score (nSPS) is 36.9. The van der Waals surface area contributed by atoms with Crippen LogP contribution >= 0.6 is 0 Å². The maximum atomic E-state index is 12.0. The molecule has 0 unspecified atom stereocenters. The third kappa shape index (κ3) is 3.23. The van der Waals surface area contributed by atoms with Gasteiger partial charge in [-0.15, -0.1) is 0 Å². The van der Waals surface area contributed by atoms with Crippen LogP contribution in [-0.2, 0) is 14.3 Å². The topological polar surface area (TPSA) is 47.6 Å². The number of esters is 1. The van der Waals surface area contributed by atoms with Gasteiger partial charge in [-0.05, 0) is 30.6 Å². The first kappa shape index (κ1) is 13.8. The molecule has 1 N–H and O–H groups in total. The fourth-order valence-electron chi connectivity index (χ4n) is 3.04. The molecule has 18 heavy (non-hydrogen) atoms. The summed E-state index contributed by atoms with van der Waals surface area (Å²) in [4.78, 5) is 12.0. The molecule has 1 heterocycles. The molecule has 2 aliphatic rings. The molecule has 1 aliphatic heterocycles. The maximum absolute atomic E-state index is 12.0. The van der Waals surface area contributed by atoms with Gasteiger partial charge in [0, 0.05) is 6.54 Å². The highest BCUT2D eigenvalue weighted by Gasteiger charge is 2.35. The van der Waals surface area contributed by atoms with E-state index in [2.05, 4.69) is 26.1 Å². The zero-order valence-corrected chi connectivity index (χ0v) is 11.6. The summed E-state index contributed by atoms with van der Waals surface area (Å²) >= 11 is 0. The summed E-state index contributed by atoms with van der Waals surface area (Å²) in [5, 5.41) is 3.00. The SMILES string of the molecule is CC(C)[C@H]1CC[C@H](C)C[C@@H]1OC(=O)[C@H]1NCCO1. The van der Waals surface area contributed by atoms with Crippen LogP contribution < -0.4 is 5.32 Å². The molecule has 0 aromatic rings. The molecule has 1 saturated carbocycles. The lowest BCUT2D eigenvalue weighted by Gasteiger charge is -2.37. The maximum Gasteiger partial charge on any atom is 0.350 e. The van der Waals surface area contributed by atoms with Gasteiger partial charge < -0.3 is 9.47 Å². The van der Waals surface area contributed by atoms with Gasteiger partial charge in [-0.2, -0.15) is 0 Å². The first-order chi connectivity index (χ1) is 8.58. The molecule has 0 aromatic carbocycles. The van der Waals surface area contributed by atoms with E-state index in [0.717, 1.165) is 19.4 Å². The molecule has 0 spiro atoms. The molecule has 4 nitrogen and oxygen atoms in total. The van der Waals surface area contributed by atoms with Crippen LogP contribution in [0.1, 0.15) is 40.0 Å². The van der Waals surface area contributed by atoms with E-state index in [1.807, 2.05) is 0 Å². The summed E-state index contributed by atoms with van der Waals surface area (Å²) in [5.74, 6) is 1.46. The highest BCUT2D eigenvalue weighted by molar-refractivity contribution is 5.74. The molecular formula is C14H25NO3. The Morgan fingerprint density at radius 1 is 1.39 bits per heavy atom. The second-order valence-electron chi connectivity index (χ2n) is 6.01. The molecule has 0 amide bonds. The van der Waals surface area contributed by atoms with Crippen molar-refractivity contribution in [3.63, 3.8) is 0 Å². The van der Waals surface area contributed by atoms with E-state index in [1.54, 1.807) is 0 Å². The van der Waals surface area contributed by atoms with Crippen LogP contribution in [0, 0.1) is 17.8 Å². The Labute approximate surface area is 109 Å². The minimum Gasteiger partial charge on any atom is -0.459 e. The minimum atomic E-state index is -0.546. The summed E-state index contributed by atoms with van der Waals surface area (Å²) in [6.07, 6.45) is 2.91. The van der Waals surface area contributed by atoms with Crippen LogP contribution in [0.25, 0.3) is 0 Å². The van der Waals surface area contributed by atoms with Crippen LogP contribution in [-0.4, -0.2) is 31.5 Å². The van der Waals surface area contributed by atoms with Gasteiger partial charge in [0.25, 0.3) is 0 Å². The Balaban J connectivity index is 1.93. The van der Waals surface area contributed by atoms with Crippen molar-refractivity contribution in [1.29, 1.82) is 0 Å². The van der Waals surface area contributed by atoms with Crippen molar-refractivity contribution in [2.75, 3.05) is 13.2 Å². The van der Waals surface area contributed by atoms with Gasteiger partial charge in [-0.3, -0.25) is 5.32 Å². The highest BCUT2D eigenvalue weighted by Crippen LogP contribution is 2.35. The Hall–Kier alpha value is -0.610. The number of nitrogens with one attached hydrogen (secondary N) is 1. The molecule has 2 fully saturated rings. The molecule has 4 atom stereocenters. The third-order valence-electron chi connectivity index (χ3n) is 4.16. The van der Waals surface area contributed by atoms with Gasteiger partial charge in [0.05, 0.1) is 6.61 Å². The fraction of sp³-hybridized carbons (Fsp3) is 0.929. The van der Waals surface area contributed by atoms with Gasteiger partial charge in [0.2, 0.25) is 6.23 Å². The van der Waals surface area contributed by atoms with E-state index in [-0.39, 0.29) is 12.1 Å². The van der Waals surface area contributed by atoms with E-state index in [9.17, 15) is 4.79 Å². The van der Waals surface area contributed by atoms with Crippen molar-refractivity contribution >= 4 is 5.97 Å². The monoisotopic (exact) mass is 255 g/mol.